The molecule has 0 amide bonds. The molecule has 1 aromatic heterocycles. The minimum atomic E-state index is 0.211. The minimum absolute atomic E-state index is 0.211. The Morgan fingerprint density at radius 2 is 1.93 bits per heavy atom. The summed E-state index contributed by atoms with van der Waals surface area (Å²) >= 11 is 0. The number of rotatable bonds is 5. The summed E-state index contributed by atoms with van der Waals surface area (Å²) in [6.45, 7) is 5.07. The molecule has 0 aliphatic carbocycles. The SMILES string of the molecule is CCC(N)Cc1cnc(N(C)CC)nc1. The van der Waals surface area contributed by atoms with Crippen molar-refractivity contribution in [1.82, 2.24) is 9.97 Å². The summed E-state index contributed by atoms with van der Waals surface area (Å²) in [6, 6.07) is 0.211. The molecular formula is C11H20N4. The molecule has 0 saturated heterocycles. The van der Waals surface area contributed by atoms with Crippen LogP contribution < -0.4 is 10.6 Å². The molecule has 4 heteroatoms. The predicted molar refractivity (Wildman–Crippen MR) is 62.9 cm³/mol. The van der Waals surface area contributed by atoms with Crippen LogP contribution in [-0.2, 0) is 6.42 Å². The lowest BCUT2D eigenvalue weighted by Gasteiger charge is -2.14. The number of aromatic nitrogens is 2. The smallest absolute Gasteiger partial charge is 0.224 e. The van der Waals surface area contributed by atoms with Crippen LogP contribution in [0.15, 0.2) is 12.4 Å². The Labute approximate surface area is 91.5 Å². The maximum absolute atomic E-state index is 5.86. The molecule has 2 N–H and O–H groups in total. The second-order valence-corrected chi connectivity index (χ2v) is 3.78. The molecule has 1 rings (SSSR count). The lowest BCUT2D eigenvalue weighted by Crippen LogP contribution is -2.22. The Kier molecular flexibility index (Phi) is 4.49. The molecule has 15 heavy (non-hydrogen) atoms. The van der Waals surface area contributed by atoms with Crippen LogP contribution in [0, 0.1) is 0 Å². The lowest BCUT2D eigenvalue weighted by atomic mass is 10.1. The fourth-order valence-electron chi connectivity index (χ4n) is 1.24. The van der Waals surface area contributed by atoms with E-state index in [-0.39, 0.29) is 6.04 Å². The molecule has 0 aliphatic rings. The Bertz CT molecular complexity index is 283. The van der Waals surface area contributed by atoms with Crippen molar-refractivity contribution >= 4 is 5.95 Å². The summed E-state index contributed by atoms with van der Waals surface area (Å²) in [5, 5.41) is 0. The van der Waals surface area contributed by atoms with E-state index in [1.807, 2.05) is 24.3 Å². The van der Waals surface area contributed by atoms with Gasteiger partial charge in [0.05, 0.1) is 0 Å². The molecule has 0 aromatic carbocycles. The van der Waals surface area contributed by atoms with E-state index in [9.17, 15) is 0 Å². The van der Waals surface area contributed by atoms with E-state index in [2.05, 4.69) is 23.8 Å². The molecule has 0 saturated carbocycles. The summed E-state index contributed by atoms with van der Waals surface area (Å²) < 4.78 is 0. The number of hydrogen-bond donors (Lipinski definition) is 1. The summed E-state index contributed by atoms with van der Waals surface area (Å²) in [4.78, 5) is 10.6. The largest absolute Gasteiger partial charge is 0.344 e. The Balaban J connectivity index is 2.64. The van der Waals surface area contributed by atoms with Crippen LogP contribution in [0.2, 0.25) is 0 Å². The molecule has 0 fully saturated rings. The van der Waals surface area contributed by atoms with Gasteiger partial charge in [0.1, 0.15) is 0 Å². The van der Waals surface area contributed by atoms with E-state index in [0.29, 0.717) is 0 Å². The van der Waals surface area contributed by atoms with Gasteiger partial charge in [-0.15, -0.1) is 0 Å². The van der Waals surface area contributed by atoms with Gasteiger partial charge in [0.15, 0.2) is 0 Å². The molecule has 4 nitrogen and oxygen atoms in total. The van der Waals surface area contributed by atoms with Crippen LogP contribution in [0.4, 0.5) is 5.95 Å². The van der Waals surface area contributed by atoms with E-state index < -0.39 is 0 Å². The fourth-order valence-corrected chi connectivity index (χ4v) is 1.24. The van der Waals surface area contributed by atoms with Crippen molar-refractivity contribution in [3.63, 3.8) is 0 Å². The second-order valence-electron chi connectivity index (χ2n) is 3.78. The average Bonchev–Trinajstić information content (AvgIpc) is 2.29. The third-order valence-electron chi connectivity index (χ3n) is 2.53. The van der Waals surface area contributed by atoms with Crippen LogP contribution in [-0.4, -0.2) is 29.6 Å². The molecule has 1 aromatic rings. The first-order chi connectivity index (χ1) is 7.17. The predicted octanol–water partition coefficient (Wildman–Crippen LogP) is 1.21. The highest BCUT2D eigenvalue weighted by Gasteiger charge is 2.04. The fraction of sp³-hybridized carbons (Fsp3) is 0.636. The molecule has 0 spiro atoms. The molecule has 1 atom stereocenters. The standard InChI is InChI=1S/C11H20N4/c1-4-10(12)6-9-7-13-11(14-8-9)15(3)5-2/h7-8,10H,4-6,12H2,1-3H3. The quantitative estimate of drug-likeness (QED) is 0.790. The maximum atomic E-state index is 5.86. The van der Waals surface area contributed by atoms with Crippen molar-refractivity contribution in [2.75, 3.05) is 18.5 Å². The monoisotopic (exact) mass is 208 g/mol. The van der Waals surface area contributed by atoms with Crippen molar-refractivity contribution in [2.45, 2.75) is 32.7 Å². The van der Waals surface area contributed by atoms with Crippen molar-refractivity contribution in [3.8, 4) is 0 Å². The number of nitrogens with zero attached hydrogens (tertiary/aromatic N) is 3. The third-order valence-corrected chi connectivity index (χ3v) is 2.53. The number of nitrogens with two attached hydrogens (primary N) is 1. The van der Waals surface area contributed by atoms with Gasteiger partial charge in [-0.1, -0.05) is 6.92 Å². The number of hydrogen-bond acceptors (Lipinski definition) is 4. The maximum Gasteiger partial charge on any atom is 0.224 e. The molecule has 84 valence electrons. The molecule has 0 aliphatic heterocycles. The first-order valence-electron chi connectivity index (χ1n) is 5.45. The Morgan fingerprint density at radius 1 is 1.33 bits per heavy atom. The van der Waals surface area contributed by atoms with Gasteiger partial charge >= 0.3 is 0 Å². The summed E-state index contributed by atoms with van der Waals surface area (Å²) in [5.74, 6) is 0.770. The van der Waals surface area contributed by atoms with E-state index in [0.717, 1.165) is 30.9 Å². The van der Waals surface area contributed by atoms with Crippen LogP contribution in [0.1, 0.15) is 25.8 Å². The second kappa shape index (κ2) is 5.66. The molecule has 1 heterocycles. The molecule has 0 radical (unpaired) electrons. The first kappa shape index (κ1) is 11.9. The highest BCUT2D eigenvalue weighted by atomic mass is 15.2. The van der Waals surface area contributed by atoms with E-state index in [4.69, 9.17) is 5.73 Å². The Hall–Kier alpha value is -1.16. The average molecular weight is 208 g/mol. The van der Waals surface area contributed by atoms with E-state index >= 15 is 0 Å². The van der Waals surface area contributed by atoms with Crippen LogP contribution in [0.25, 0.3) is 0 Å². The van der Waals surface area contributed by atoms with Crippen molar-refractivity contribution in [1.29, 1.82) is 0 Å². The summed E-state index contributed by atoms with van der Waals surface area (Å²) in [5.41, 5.74) is 6.97. The first-order valence-corrected chi connectivity index (χ1v) is 5.45. The van der Waals surface area contributed by atoms with Gasteiger partial charge in [-0.3, -0.25) is 0 Å². The van der Waals surface area contributed by atoms with Crippen LogP contribution in [0.3, 0.4) is 0 Å². The van der Waals surface area contributed by atoms with Crippen LogP contribution in [0.5, 0.6) is 0 Å². The van der Waals surface area contributed by atoms with Crippen molar-refractivity contribution in [3.05, 3.63) is 18.0 Å². The zero-order valence-corrected chi connectivity index (χ0v) is 9.77. The van der Waals surface area contributed by atoms with Crippen molar-refractivity contribution in [2.24, 2.45) is 5.73 Å². The van der Waals surface area contributed by atoms with Gasteiger partial charge in [0.25, 0.3) is 0 Å². The minimum Gasteiger partial charge on any atom is -0.344 e. The van der Waals surface area contributed by atoms with Gasteiger partial charge in [-0.05, 0) is 25.3 Å². The van der Waals surface area contributed by atoms with E-state index in [1.165, 1.54) is 0 Å². The zero-order valence-electron chi connectivity index (χ0n) is 9.77. The van der Waals surface area contributed by atoms with Gasteiger partial charge in [-0.25, -0.2) is 9.97 Å². The van der Waals surface area contributed by atoms with Crippen LogP contribution >= 0.6 is 0 Å². The number of anilines is 1. The highest BCUT2D eigenvalue weighted by molar-refractivity contribution is 5.27. The topological polar surface area (TPSA) is 55.0 Å². The highest BCUT2D eigenvalue weighted by Crippen LogP contribution is 2.06. The summed E-state index contributed by atoms with van der Waals surface area (Å²) in [6.07, 6.45) is 5.57. The van der Waals surface area contributed by atoms with Gasteiger partial charge in [0.2, 0.25) is 5.95 Å². The Morgan fingerprint density at radius 3 is 2.40 bits per heavy atom. The van der Waals surface area contributed by atoms with E-state index in [1.54, 1.807) is 0 Å². The molecule has 1 unspecified atom stereocenters. The van der Waals surface area contributed by atoms with Gasteiger partial charge in [0, 0.05) is 32.0 Å². The van der Waals surface area contributed by atoms with Gasteiger partial charge < -0.3 is 10.6 Å². The zero-order chi connectivity index (χ0) is 11.3. The normalized spacial score (nSPS) is 12.5. The third kappa shape index (κ3) is 3.47. The molecule has 0 bridgehead atoms. The van der Waals surface area contributed by atoms with Crippen molar-refractivity contribution < 1.29 is 0 Å². The lowest BCUT2D eigenvalue weighted by molar-refractivity contribution is 0.643. The summed E-state index contributed by atoms with van der Waals surface area (Å²) in [7, 11) is 1.98. The molecular weight excluding hydrogens is 188 g/mol. The van der Waals surface area contributed by atoms with Gasteiger partial charge in [-0.2, -0.15) is 0 Å².